The molecule has 0 unspecified atom stereocenters. The predicted octanol–water partition coefficient (Wildman–Crippen LogP) is 5.45. The molecule has 1 aromatic heterocycles. The molecule has 8 heteroatoms. The fourth-order valence-corrected chi connectivity index (χ4v) is 4.74. The number of halogens is 2. The van der Waals surface area contributed by atoms with Crippen molar-refractivity contribution in [1.29, 1.82) is 0 Å². The van der Waals surface area contributed by atoms with E-state index in [9.17, 15) is 9.59 Å². The molecule has 0 spiro atoms. The molecular weight excluding hydrogens is 540 g/mol. The van der Waals surface area contributed by atoms with Crippen LogP contribution in [-0.2, 0) is 11.9 Å². The van der Waals surface area contributed by atoms with E-state index in [1.807, 2.05) is 0 Å². The summed E-state index contributed by atoms with van der Waals surface area (Å²) in [5.74, 6) is 0.0607. The van der Waals surface area contributed by atoms with E-state index in [0.29, 0.717) is 12.5 Å². The maximum absolute atomic E-state index is 12.3. The van der Waals surface area contributed by atoms with Crippen molar-refractivity contribution >= 4 is 39.3 Å². The van der Waals surface area contributed by atoms with Gasteiger partial charge in [-0.2, -0.15) is 0 Å². The highest BCUT2D eigenvalue weighted by Gasteiger charge is 2.21. The van der Waals surface area contributed by atoms with E-state index in [4.69, 9.17) is 17.3 Å². The van der Waals surface area contributed by atoms with Crippen LogP contribution < -0.4 is 16.6 Å². The molecule has 0 radical (unpaired) electrons. The van der Waals surface area contributed by atoms with Gasteiger partial charge in [0, 0.05) is 18.4 Å². The smallest absolute Gasteiger partial charge is 0.262 e. The van der Waals surface area contributed by atoms with E-state index in [-0.39, 0.29) is 16.4 Å². The highest BCUT2D eigenvalue weighted by atomic mass is 79.9. The van der Waals surface area contributed by atoms with Crippen molar-refractivity contribution in [3.63, 3.8) is 0 Å². The summed E-state index contributed by atoms with van der Waals surface area (Å²) >= 11 is 9.28. The quantitative estimate of drug-likeness (QED) is 0.342. The SMILES string of the molecule is Cc1cccc(CBr)c1.Cc1cccc(CN2CCC(CNC(=O)c3cc(Cl)c(N)[nH]c3=O)CC2)c1. The summed E-state index contributed by atoms with van der Waals surface area (Å²) in [7, 11) is 0. The van der Waals surface area contributed by atoms with Crippen LogP contribution in [0, 0.1) is 19.8 Å². The zero-order valence-corrected chi connectivity index (χ0v) is 23.2. The Morgan fingerprint density at radius 2 is 1.69 bits per heavy atom. The number of amides is 1. The third-order valence-electron chi connectivity index (χ3n) is 6.25. The van der Waals surface area contributed by atoms with Crippen molar-refractivity contribution in [2.24, 2.45) is 5.92 Å². The number of carbonyl (C=O) groups excluding carboxylic acids is 1. The molecule has 1 saturated heterocycles. The zero-order chi connectivity index (χ0) is 26.1. The number of piperidine rings is 1. The van der Waals surface area contributed by atoms with Gasteiger partial charge in [-0.1, -0.05) is 87.2 Å². The molecule has 2 aromatic carbocycles. The van der Waals surface area contributed by atoms with Gasteiger partial charge in [0.15, 0.2) is 0 Å². The van der Waals surface area contributed by atoms with Crippen molar-refractivity contribution < 1.29 is 4.79 Å². The summed E-state index contributed by atoms with van der Waals surface area (Å²) in [6, 6.07) is 18.4. The number of benzene rings is 2. The lowest BCUT2D eigenvalue weighted by Gasteiger charge is -2.32. The minimum atomic E-state index is -0.526. The molecule has 192 valence electrons. The van der Waals surface area contributed by atoms with Crippen LogP contribution >= 0.6 is 27.5 Å². The maximum Gasteiger partial charge on any atom is 0.262 e. The summed E-state index contributed by atoms with van der Waals surface area (Å²) < 4.78 is 0. The molecule has 0 saturated carbocycles. The Labute approximate surface area is 226 Å². The number of aromatic amines is 1. The number of nitrogens with zero attached hydrogens (tertiary/aromatic N) is 1. The van der Waals surface area contributed by atoms with Crippen LogP contribution in [0.2, 0.25) is 5.02 Å². The Hall–Kier alpha value is -2.61. The molecule has 0 bridgehead atoms. The second-order valence-corrected chi connectivity index (χ2v) is 10.3. The van der Waals surface area contributed by atoms with Gasteiger partial charge in [0.1, 0.15) is 11.4 Å². The van der Waals surface area contributed by atoms with Gasteiger partial charge in [-0.05, 0) is 62.9 Å². The van der Waals surface area contributed by atoms with Gasteiger partial charge < -0.3 is 16.0 Å². The molecule has 4 N–H and O–H groups in total. The summed E-state index contributed by atoms with van der Waals surface area (Å²) in [5.41, 5.74) is 10.3. The van der Waals surface area contributed by atoms with Crippen molar-refractivity contribution in [2.75, 3.05) is 25.4 Å². The number of aryl methyl sites for hydroxylation is 2. The number of rotatable bonds is 6. The fraction of sp³-hybridized carbons (Fsp3) is 0.357. The van der Waals surface area contributed by atoms with Crippen molar-refractivity contribution in [1.82, 2.24) is 15.2 Å². The lowest BCUT2D eigenvalue weighted by Crippen LogP contribution is -2.39. The van der Waals surface area contributed by atoms with Gasteiger partial charge in [0.2, 0.25) is 0 Å². The van der Waals surface area contributed by atoms with Crippen molar-refractivity contribution in [3.8, 4) is 0 Å². The normalized spacial score (nSPS) is 14.1. The first-order valence-corrected chi connectivity index (χ1v) is 13.6. The Bertz CT molecular complexity index is 1220. The van der Waals surface area contributed by atoms with Crippen LogP contribution in [0.25, 0.3) is 0 Å². The summed E-state index contributed by atoms with van der Waals surface area (Å²) in [4.78, 5) is 29.0. The average Bonchev–Trinajstić information content (AvgIpc) is 2.86. The van der Waals surface area contributed by atoms with E-state index in [0.717, 1.165) is 37.8 Å². The zero-order valence-electron chi connectivity index (χ0n) is 20.8. The Kier molecular flexibility index (Phi) is 10.6. The topological polar surface area (TPSA) is 91.2 Å². The van der Waals surface area contributed by atoms with Crippen LogP contribution in [0.3, 0.4) is 0 Å². The highest BCUT2D eigenvalue weighted by molar-refractivity contribution is 9.08. The number of pyridine rings is 1. The molecule has 3 aromatic rings. The first kappa shape index (κ1) is 28.0. The van der Waals surface area contributed by atoms with Crippen LogP contribution in [0.4, 0.5) is 5.82 Å². The summed E-state index contributed by atoms with van der Waals surface area (Å²) in [6.45, 7) is 7.73. The van der Waals surface area contributed by atoms with Crippen LogP contribution in [0.5, 0.6) is 0 Å². The molecule has 1 aliphatic rings. The number of hydrogen-bond acceptors (Lipinski definition) is 4. The molecule has 0 aliphatic carbocycles. The second-order valence-electron chi connectivity index (χ2n) is 9.32. The van der Waals surface area contributed by atoms with Gasteiger partial charge >= 0.3 is 0 Å². The molecular formula is C28H34BrClN4O2. The average molecular weight is 574 g/mol. The lowest BCUT2D eigenvalue weighted by atomic mass is 9.96. The number of hydrogen-bond donors (Lipinski definition) is 3. The first-order chi connectivity index (χ1) is 17.2. The van der Waals surface area contributed by atoms with E-state index < -0.39 is 11.5 Å². The predicted molar refractivity (Wildman–Crippen MR) is 152 cm³/mol. The van der Waals surface area contributed by atoms with E-state index in [2.05, 4.69) is 93.5 Å². The molecule has 36 heavy (non-hydrogen) atoms. The minimum absolute atomic E-state index is 0.00826. The second kappa shape index (κ2) is 13.6. The number of nitrogen functional groups attached to an aromatic ring is 1. The largest absolute Gasteiger partial charge is 0.384 e. The third-order valence-corrected chi connectivity index (χ3v) is 7.21. The molecule has 1 amide bonds. The molecule has 6 nitrogen and oxygen atoms in total. The van der Waals surface area contributed by atoms with Gasteiger partial charge in [-0.15, -0.1) is 0 Å². The van der Waals surface area contributed by atoms with Gasteiger partial charge in [-0.3, -0.25) is 14.5 Å². The van der Waals surface area contributed by atoms with Crippen molar-refractivity contribution in [2.45, 2.75) is 38.6 Å². The molecule has 1 fully saturated rings. The number of H-pyrrole nitrogens is 1. The molecule has 4 rings (SSSR count). The fourth-order valence-electron chi connectivity index (χ4n) is 4.23. The first-order valence-electron chi connectivity index (χ1n) is 12.1. The Balaban J connectivity index is 0.000000338. The van der Waals surface area contributed by atoms with Crippen molar-refractivity contribution in [3.05, 3.63) is 97.8 Å². The van der Waals surface area contributed by atoms with Crippen LogP contribution in [0.15, 0.2) is 59.4 Å². The lowest BCUT2D eigenvalue weighted by molar-refractivity contribution is 0.0933. The number of nitrogens with two attached hydrogens (primary N) is 1. The standard InChI is InChI=1S/C20H25ClN4O2.C8H9Br/c1-13-3-2-4-15(9-13)12-25-7-5-14(6-8-25)11-23-19(26)16-10-17(21)18(22)24-20(16)27;1-7-3-2-4-8(5-7)6-9/h2-4,9-10,14H,5-8,11-12H2,1H3,(H,23,26)(H3,22,24,27);2-5H,6H2,1H3. The van der Waals surface area contributed by atoms with E-state index in [1.165, 1.54) is 28.3 Å². The number of likely N-dealkylation sites (tertiary alicyclic amines) is 1. The van der Waals surface area contributed by atoms with E-state index in [1.54, 1.807) is 0 Å². The maximum atomic E-state index is 12.3. The molecule has 1 aliphatic heterocycles. The number of aromatic nitrogens is 1. The third kappa shape index (κ3) is 8.50. The Morgan fingerprint density at radius 1 is 1.08 bits per heavy atom. The van der Waals surface area contributed by atoms with Crippen LogP contribution in [0.1, 0.15) is 45.5 Å². The summed E-state index contributed by atoms with van der Waals surface area (Å²) in [5, 5.41) is 3.97. The highest BCUT2D eigenvalue weighted by Crippen LogP contribution is 2.19. The minimum Gasteiger partial charge on any atom is -0.384 e. The Morgan fingerprint density at radius 3 is 2.28 bits per heavy atom. The van der Waals surface area contributed by atoms with Crippen LogP contribution in [-0.4, -0.2) is 35.4 Å². The van der Waals surface area contributed by atoms with E-state index >= 15 is 0 Å². The van der Waals surface area contributed by atoms with Gasteiger partial charge in [0.25, 0.3) is 11.5 Å². The number of alkyl halides is 1. The van der Waals surface area contributed by atoms with Gasteiger partial charge in [-0.25, -0.2) is 0 Å². The number of nitrogens with one attached hydrogen (secondary N) is 2. The molecule has 2 heterocycles. The summed E-state index contributed by atoms with van der Waals surface area (Å²) in [6.07, 6.45) is 2.04. The van der Waals surface area contributed by atoms with Gasteiger partial charge in [0.05, 0.1) is 5.02 Å². The number of anilines is 1. The monoisotopic (exact) mass is 572 g/mol. The number of carbonyl (C=O) groups is 1. The molecule has 0 atom stereocenters.